The number of amides is 1. The molecule has 4 rings (SSSR count). The average molecular weight is 535 g/mol. The van der Waals surface area contributed by atoms with Crippen molar-refractivity contribution in [2.24, 2.45) is 5.73 Å². The minimum Gasteiger partial charge on any atom is -0.495 e. The number of nitrogens with one attached hydrogen (secondary N) is 1. The molecule has 4 aromatic rings. The van der Waals surface area contributed by atoms with Crippen LogP contribution in [0.15, 0.2) is 59.2 Å². The Hall–Kier alpha value is -3.72. The Morgan fingerprint density at radius 2 is 1.86 bits per heavy atom. The molecule has 0 saturated carbocycles. The van der Waals surface area contributed by atoms with Gasteiger partial charge >= 0.3 is 0 Å². The van der Waals surface area contributed by atoms with Gasteiger partial charge in [-0.2, -0.15) is 5.10 Å². The number of ether oxygens (including phenoxy) is 1. The quantitative estimate of drug-likeness (QED) is 0.308. The number of halogens is 1. The van der Waals surface area contributed by atoms with Crippen LogP contribution in [0.1, 0.15) is 41.0 Å². The zero-order chi connectivity index (χ0) is 24.9. The molecule has 2 aromatic carbocycles. The van der Waals surface area contributed by atoms with Gasteiger partial charge in [0.1, 0.15) is 5.75 Å². The van der Waals surface area contributed by atoms with Crippen molar-refractivity contribution in [2.45, 2.75) is 33.2 Å². The monoisotopic (exact) mass is 534 g/mol. The molecule has 8 nitrogen and oxygen atoms in total. The summed E-state index contributed by atoms with van der Waals surface area (Å²) >= 11 is 3.45. The molecule has 2 aromatic heterocycles. The fraction of sp³-hybridized carbons (Fsp3) is 0.231. The highest BCUT2D eigenvalue weighted by atomic mass is 79.9. The van der Waals surface area contributed by atoms with E-state index >= 15 is 0 Å². The maximum atomic E-state index is 12.0. The van der Waals surface area contributed by atoms with Gasteiger partial charge in [-0.25, -0.2) is 9.97 Å². The molecule has 0 spiro atoms. The fourth-order valence-corrected chi connectivity index (χ4v) is 4.36. The van der Waals surface area contributed by atoms with Crippen LogP contribution in [0, 0.1) is 0 Å². The van der Waals surface area contributed by atoms with Crippen LogP contribution >= 0.6 is 15.9 Å². The third kappa shape index (κ3) is 5.35. The summed E-state index contributed by atoms with van der Waals surface area (Å²) in [6.07, 6.45) is 3.47. The lowest BCUT2D eigenvalue weighted by Gasteiger charge is -2.15. The van der Waals surface area contributed by atoms with E-state index in [-0.39, 0.29) is 5.69 Å². The molecule has 1 amide bonds. The van der Waals surface area contributed by atoms with Crippen LogP contribution in [0.4, 0.5) is 11.6 Å². The van der Waals surface area contributed by atoms with Crippen molar-refractivity contribution < 1.29 is 9.53 Å². The van der Waals surface area contributed by atoms with Gasteiger partial charge in [-0.1, -0.05) is 48.0 Å². The Bertz CT molecular complexity index is 1350. The van der Waals surface area contributed by atoms with Gasteiger partial charge in [0.25, 0.3) is 5.91 Å². The van der Waals surface area contributed by atoms with Gasteiger partial charge in [0.05, 0.1) is 30.7 Å². The Kier molecular flexibility index (Phi) is 7.45. The van der Waals surface area contributed by atoms with Crippen LogP contribution in [0.2, 0.25) is 0 Å². The molecule has 9 heteroatoms. The minimum absolute atomic E-state index is 0.190. The molecule has 0 radical (unpaired) electrons. The van der Waals surface area contributed by atoms with Crippen molar-refractivity contribution in [2.75, 3.05) is 12.4 Å². The Balaban J connectivity index is 1.74. The number of primary amides is 1. The summed E-state index contributed by atoms with van der Waals surface area (Å²) < 4.78 is 8.15. The molecule has 3 N–H and O–H groups in total. The van der Waals surface area contributed by atoms with Crippen molar-refractivity contribution in [3.8, 4) is 17.1 Å². The van der Waals surface area contributed by atoms with Crippen molar-refractivity contribution >= 4 is 33.5 Å². The van der Waals surface area contributed by atoms with E-state index in [9.17, 15) is 4.79 Å². The van der Waals surface area contributed by atoms with Crippen LogP contribution in [0.5, 0.6) is 5.75 Å². The summed E-state index contributed by atoms with van der Waals surface area (Å²) in [7, 11) is 1.60. The van der Waals surface area contributed by atoms with Crippen molar-refractivity contribution in [3.05, 3.63) is 81.6 Å². The van der Waals surface area contributed by atoms with Gasteiger partial charge < -0.3 is 15.8 Å². The molecule has 0 fully saturated rings. The molecular weight excluding hydrogens is 508 g/mol. The van der Waals surface area contributed by atoms with Gasteiger partial charge in [-0.15, -0.1) is 0 Å². The van der Waals surface area contributed by atoms with E-state index in [1.807, 2.05) is 18.2 Å². The zero-order valence-electron chi connectivity index (χ0n) is 19.9. The highest BCUT2D eigenvalue weighted by molar-refractivity contribution is 9.10. The number of hydrogen-bond acceptors (Lipinski definition) is 6. The van der Waals surface area contributed by atoms with E-state index < -0.39 is 5.91 Å². The maximum Gasteiger partial charge on any atom is 0.269 e. The van der Waals surface area contributed by atoms with Gasteiger partial charge in [0.15, 0.2) is 5.69 Å². The lowest BCUT2D eigenvalue weighted by atomic mass is 9.97. The van der Waals surface area contributed by atoms with Gasteiger partial charge in [0.2, 0.25) is 5.95 Å². The summed E-state index contributed by atoms with van der Waals surface area (Å²) in [4.78, 5) is 21.0. The Morgan fingerprint density at radius 3 is 2.51 bits per heavy atom. The number of aryl methyl sites for hydroxylation is 2. The largest absolute Gasteiger partial charge is 0.495 e. The molecule has 0 atom stereocenters. The number of hydrogen-bond donors (Lipinski definition) is 2. The van der Waals surface area contributed by atoms with Crippen LogP contribution in [-0.2, 0) is 19.4 Å². The molecule has 180 valence electrons. The summed E-state index contributed by atoms with van der Waals surface area (Å²) in [6.45, 7) is 4.77. The Labute approximate surface area is 212 Å². The first-order chi connectivity index (χ1) is 16.9. The topological polar surface area (TPSA) is 108 Å². The number of methoxy groups -OCH3 is 1. The number of anilines is 2. The van der Waals surface area contributed by atoms with E-state index in [1.54, 1.807) is 30.1 Å². The third-order valence-electron chi connectivity index (χ3n) is 5.80. The number of carbonyl (C=O) groups is 1. The van der Waals surface area contributed by atoms with E-state index in [4.69, 9.17) is 15.5 Å². The van der Waals surface area contributed by atoms with E-state index in [0.29, 0.717) is 29.6 Å². The summed E-state index contributed by atoms with van der Waals surface area (Å²) in [6, 6.07) is 15.4. The van der Waals surface area contributed by atoms with Crippen molar-refractivity contribution in [1.29, 1.82) is 0 Å². The van der Waals surface area contributed by atoms with E-state index in [1.165, 1.54) is 16.7 Å². The molecule has 0 aliphatic carbocycles. The first-order valence-corrected chi connectivity index (χ1v) is 12.1. The molecule has 0 bridgehead atoms. The summed E-state index contributed by atoms with van der Waals surface area (Å²) in [5.41, 5.74) is 11.5. The molecule has 0 saturated heterocycles. The van der Waals surface area contributed by atoms with E-state index in [2.05, 4.69) is 63.4 Å². The third-order valence-corrected chi connectivity index (χ3v) is 6.29. The lowest BCUT2D eigenvalue weighted by molar-refractivity contribution is 0.0995. The number of nitrogens with zero attached hydrogens (tertiary/aromatic N) is 4. The van der Waals surface area contributed by atoms with Crippen molar-refractivity contribution in [1.82, 2.24) is 19.7 Å². The summed E-state index contributed by atoms with van der Waals surface area (Å²) in [5.74, 6) is 0.453. The number of benzene rings is 2. The lowest BCUT2D eigenvalue weighted by Crippen LogP contribution is -2.14. The first-order valence-electron chi connectivity index (χ1n) is 11.3. The molecule has 2 heterocycles. The maximum absolute atomic E-state index is 12.0. The number of nitrogens with two attached hydrogens (primary N) is 1. The van der Waals surface area contributed by atoms with Gasteiger partial charge in [-0.3, -0.25) is 9.48 Å². The van der Waals surface area contributed by atoms with Gasteiger partial charge in [0, 0.05) is 10.7 Å². The predicted octanol–water partition coefficient (Wildman–Crippen LogP) is 5.13. The van der Waals surface area contributed by atoms with Crippen LogP contribution in [0.3, 0.4) is 0 Å². The minimum atomic E-state index is -0.587. The van der Waals surface area contributed by atoms with E-state index in [0.717, 1.165) is 23.0 Å². The van der Waals surface area contributed by atoms with Crippen molar-refractivity contribution in [3.63, 3.8) is 0 Å². The average Bonchev–Trinajstić information content (AvgIpc) is 3.29. The number of carbonyl (C=O) groups excluding carboxylic acids is 1. The standard InChI is InChI=1S/C26H27BrN6O2/c1-4-16-7-6-8-17(5-2)19(16)15-33-23(14-22(32-33)25(28)34)20-11-12-29-26(30-20)31-21-10-9-18(27)13-24(21)35-3/h6-14H,4-5,15H2,1-3H3,(H2,28,34)(H,29,30,31). The molecular formula is C26H27BrN6O2. The summed E-state index contributed by atoms with van der Waals surface area (Å²) in [5, 5.41) is 7.73. The SMILES string of the molecule is CCc1cccc(CC)c1Cn1nc(C(N)=O)cc1-c1ccnc(Nc2ccc(Br)cc2OC)n1. The molecule has 0 aliphatic rings. The fourth-order valence-electron chi connectivity index (χ4n) is 4.02. The predicted molar refractivity (Wildman–Crippen MR) is 140 cm³/mol. The second-order valence-electron chi connectivity index (χ2n) is 7.93. The molecule has 0 unspecified atom stereocenters. The van der Waals surface area contributed by atoms with Gasteiger partial charge in [-0.05, 0) is 59.9 Å². The first kappa shape index (κ1) is 24.4. The molecule has 0 aliphatic heterocycles. The number of aromatic nitrogens is 4. The zero-order valence-corrected chi connectivity index (χ0v) is 21.5. The molecule has 35 heavy (non-hydrogen) atoms. The van der Waals surface area contributed by atoms with Crippen LogP contribution in [0.25, 0.3) is 11.4 Å². The highest BCUT2D eigenvalue weighted by Crippen LogP contribution is 2.30. The number of rotatable bonds is 9. The Morgan fingerprint density at radius 1 is 1.11 bits per heavy atom. The van der Waals surface area contributed by atoms with Crippen LogP contribution < -0.4 is 15.8 Å². The second kappa shape index (κ2) is 10.7. The van der Waals surface area contributed by atoms with Crippen LogP contribution in [-0.4, -0.2) is 32.8 Å². The normalized spacial score (nSPS) is 10.9. The highest BCUT2D eigenvalue weighted by Gasteiger charge is 2.18. The smallest absolute Gasteiger partial charge is 0.269 e. The second-order valence-corrected chi connectivity index (χ2v) is 8.85.